The van der Waals surface area contributed by atoms with Gasteiger partial charge >= 0.3 is 0 Å². The Morgan fingerprint density at radius 3 is 1.18 bits per heavy atom. The fraction of sp³-hybridized carbons (Fsp3) is 0.0645. The molecule has 67 heavy (non-hydrogen) atoms. The van der Waals surface area contributed by atoms with Crippen molar-refractivity contribution in [1.29, 1.82) is 0 Å². The molecule has 0 saturated carbocycles. The molecular formula is C62H50N2O3. The number of allylic oxidation sites excluding steroid dienone is 5. The molecule has 2 heterocycles. The largest absolute Gasteiger partial charge is 0.392 e. The van der Waals surface area contributed by atoms with Crippen molar-refractivity contribution in [2.24, 2.45) is 0 Å². The lowest BCUT2D eigenvalue weighted by atomic mass is 9.84. The number of aromatic nitrogens is 2. The second-order valence-electron chi connectivity index (χ2n) is 16.4. The first-order chi connectivity index (χ1) is 33.0. The van der Waals surface area contributed by atoms with Crippen LogP contribution in [-0.4, -0.2) is 25.3 Å². The molecule has 326 valence electrons. The lowest BCUT2D eigenvalue weighted by Crippen LogP contribution is -1.97. The summed E-state index contributed by atoms with van der Waals surface area (Å²) < 4.78 is 0. The molecule has 0 atom stereocenters. The number of hydrogen-bond acceptors (Lipinski definition) is 5. The van der Waals surface area contributed by atoms with Gasteiger partial charge in [0.2, 0.25) is 0 Å². The molecule has 9 aromatic rings. The molecule has 0 amide bonds. The van der Waals surface area contributed by atoms with Crippen molar-refractivity contribution in [3.8, 4) is 89.3 Å². The van der Waals surface area contributed by atoms with E-state index in [2.05, 4.69) is 126 Å². The molecule has 0 bridgehead atoms. The van der Waals surface area contributed by atoms with Gasteiger partial charge in [0, 0.05) is 23.5 Å². The maximum atomic E-state index is 10.9. The fourth-order valence-electron chi connectivity index (χ4n) is 8.93. The summed E-state index contributed by atoms with van der Waals surface area (Å²) in [7, 11) is 0. The van der Waals surface area contributed by atoms with Gasteiger partial charge < -0.3 is 15.3 Å². The zero-order valence-electron chi connectivity index (χ0n) is 37.3. The van der Waals surface area contributed by atoms with Crippen molar-refractivity contribution >= 4 is 5.57 Å². The SMILES string of the molecule is C=C(/C=C\C=C/C)c1ccc(-c2ccccc2-c2cc(-c3ccccc3-c3ccc(-c4ccccn4)cc3CO)cc(-c3ccccc3-c3ccc(-c4ccccn4)cc3CO)c2)c(CO)c1. The van der Waals surface area contributed by atoms with Crippen LogP contribution in [0.15, 0.2) is 225 Å². The normalized spacial score (nSPS) is 11.4. The highest BCUT2D eigenvalue weighted by Gasteiger charge is 2.20. The molecule has 0 aliphatic carbocycles. The number of benzene rings is 7. The highest BCUT2D eigenvalue weighted by Crippen LogP contribution is 2.44. The first-order valence-corrected chi connectivity index (χ1v) is 22.4. The number of aliphatic hydroxyl groups excluding tert-OH is 3. The van der Waals surface area contributed by atoms with Gasteiger partial charge in [0.1, 0.15) is 0 Å². The summed E-state index contributed by atoms with van der Waals surface area (Å²) >= 11 is 0. The van der Waals surface area contributed by atoms with Crippen LogP contribution in [0.4, 0.5) is 0 Å². The number of rotatable bonds is 14. The van der Waals surface area contributed by atoms with Crippen molar-refractivity contribution in [2.75, 3.05) is 0 Å². The smallest absolute Gasteiger partial charge is 0.0702 e. The second kappa shape index (κ2) is 20.4. The van der Waals surface area contributed by atoms with E-state index in [1.165, 1.54) is 0 Å². The summed E-state index contributed by atoms with van der Waals surface area (Å²) in [5.41, 5.74) is 19.5. The first-order valence-electron chi connectivity index (χ1n) is 22.4. The highest BCUT2D eigenvalue weighted by molar-refractivity contribution is 5.95. The lowest BCUT2D eigenvalue weighted by Gasteiger charge is -2.20. The van der Waals surface area contributed by atoms with E-state index in [-0.39, 0.29) is 19.8 Å². The van der Waals surface area contributed by atoms with E-state index in [9.17, 15) is 15.3 Å². The van der Waals surface area contributed by atoms with Crippen LogP contribution in [0, 0.1) is 0 Å². The van der Waals surface area contributed by atoms with Crippen LogP contribution in [0.5, 0.6) is 0 Å². The minimum Gasteiger partial charge on any atom is -0.392 e. The minimum atomic E-state index is -0.145. The first kappa shape index (κ1) is 44.2. The fourth-order valence-corrected chi connectivity index (χ4v) is 8.93. The molecule has 0 unspecified atom stereocenters. The molecule has 0 radical (unpaired) electrons. The maximum absolute atomic E-state index is 10.9. The molecule has 5 nitrogen and oxygen atoms in total. The summed E-state index contributed by atoms with van der Waals surface area (Å²) in [5.74, 6) is 0. The summed E-state index contributed by atoms with van der Waals surface area (Å²) in [4.78, 5) is 9.14. The quantitative estimate of drug-likeness (QED) is 0.0948. The molecule has 0 aliphatic heterocycles. The monoisotopic (exact) mass is 870 g/mol. The zero-order chi connectivity index (χ0) is 46.1. The van der Waals surface area contributed by atoms with Gasteiger partial charge in [0.15, 0.2) is 0 Å². The Labute approximate surface area is 392 Å². The van der Waals surface area contributed by atoms with Crippen molar-refractivity contribution in [1.82, 2.24) is 9.97 Å². The Morgan fingerprint density at radius 2 is 0.791 bits per heavy atom. The molecule has 5 heteroatoms. The second-order valence-corrected chi connectivity index (χ2v) is 16.4. The van der Waals surface area contributed by atoms with E-state index in [1.54, 1.807) is 12.4 Å². The maximum Gasteiger partial charge on any atom is 0.0702 e. The number of pyridine rings is 2. The zero-order valence-corrected chi connectivity index (χ0v) is 37.3. The van der Waals surface area contributed by atoms with E-state index in [0.717, 1.165) is 117 Å². The van der Waals surface area contributed by atoms with E-state index in [0.29, 0.717) is 0 Å². The van der Waals surface area contributed by atoms with Crippen molar-refractivity contribution < 1.29 is 15.3 Å². The Hall–Kier alpha value is -8.06. The van der Waals surface area contributed by atoms with Gasteiger partial charge in [-0.15, -0.1) is 0 Å². The Morgan fingerprint density at radius 1 is 0.403 bits per heavy atom. The van der Waals surface area contributed by atoms with E-state index in [1.807, 2.05) is 104 Å². The molecule has 3 N–H and O–H groups in total. The molecule has 0 saturated heterocycles. The number of aliphatic hydroxyl groups is 3. The van der Waals surface area contributed by atoms with Gasteiger partial charge in [-0.1, -0.05) is 152 Å². The van der Waals surface area contributed by atoms with Crippen LogP contribution < -0.4 is 0 Å². The summed E-state index contributed by atoms with van der Waals surface area (Å²) in [5, 5.41) is 32.6. The molecule has 0 fully saturated rings. The predicted octanol–water partition coefficient (Wildman–Crippen LogP) is 14.4. The topological polar surface area (TPSA) is 86.5 Å². The van der Waals surface area contributed by atoms with Crippen LogP contribution in [0.1, 0.15) is 29.2 Å². The Kier molecular flexibility index (Phi) is 13.5. The molecular weight excluding hydrogens is 821 g/mol. The van der Waals surface area contributed by atoms with Crippen molar-refractivity contribution in [2.45, 2.75) is 26.7 Å². The predicted molar refractivity (Wildman–Crippen MR) is 276 cm³/mol. The van der Waals surface area contributed by atoms with Crippen molar-refractivity contribution in [3.05, 3.63) is 248 Å². The lowest BCUT2D eigenvalue weighted by molar-refractivity contribution is 0.282. The average molecular weight is 871 g/mol. The van der Waals surface area contributed by atoms with Crippen LogP contribution >= 0.6 is 0 Å². The van der Waals surface area contributed by atoms with Gasteiger partial charge in [0.05, 0.1) is 31.2 Å². The van der Waals surface area contributed by atoms with Gasteiger partial charge in [0.25, 0.3) is 0 Å². The number of hydrogen-bond donors (Lipinski definition) is 3. The standard InChI is InChI=1S/C62H50N2O3/c1-3-4-5-16-42(2)43-25-28-55(49(33-43)39-65)58-20-9-6-17-52(58)46-36-47(53-18-7-10-21-59(53)56-29-26-44(34-50(56)40-66)61-23-12-14-31-63-61)38-48(37-46)54-19-8-11-22-60(54)57-30-27-45(35-51(57)41-67)62-24-13-15-32-64-62/h3-38,65-67H,2,39-41H2,1H3/b4-3-,16-5-. The highest BCUT2D eigenvalue weighted by atomic mass is 16.3. The minimum absolute atomic E-state index is 0.145. The molecule has 0 spiro atoms. The average Bonchev–Trinajstić information content (AvgIpc) is 3.40. The molecule has 9 rings (SSSR count). The van der Waals surface area contributed by atoms with Gasteiger partial charge in [-0.2, -0.15) is 0 Å². The van der Waals surface area contributed by atoms with Gasteiger partial charge in [-0.05, 0) is 162 Å². The van der Waals surface area contributed by atoms with Crippen LogP contribution in [0.2, 0.25) is 0 Å². The van der Waals surface area contributed by atoms with Gasteiger partial charge in [-0.25, -0.2) is 0 Å². The molecule has 7 aromatic carbocycles. The molecule has 0 aliphatic rings. The van der Waals surface area contributed by atoms with Gasteiger partial charge in [-0.3, -0.25) is 9.97 Å². The third-order valence-electron chi connectivity index (χ3n) is 12.2. The van der Waals surface area contributed by atoms with Crippen LogP contribution in [-0.2, 0) is 19.8 Å². The summed E-state index contributed by atoms with van der Waals surface area (Å²) in [6.07, 6.45) is 11.4. The van der Waals surface area contributed by atoms with Crippen LogP contribution in [0.25, 0.3) is 94.8 Å². The molecule has 2 aromatic heterocycles. The van der Waals surface area contributed by atoms with E-state index in [4.69, 9.17) is 0 Å². The summed E-state index contributed by atoms with van der Waals surface area (Å²) in [6.45, 7) is 5.84. The van der Waals surface area contributed by atoms with Crippen LogP contribution in [0.3, 0.4) is 0 Å². The van der Waals surface area contributed by atoms with Crippen molar-refractivity contribution in [3.63, 3.8) is 0 Å². The Balaban J connectivity index is 1.24. The summed E-state index contributed by atoms with van der Waals surface area (Å²) in [6, 6.07) is 62.0. The van der Waals surface area contributed by atoms with E-state index < -0.39 is 0 Å². The Bertz CT molecular complexity index is 3130. The third-order valence-corrected chi connectivity index (χ3v) is 12.2. The number of nitrogens with zero attached hydrogens (tertiary/aromatic N) is 2. The third kappa shape index (κ3) is 9.39. The van der Waals surface area contributed by atoms with E-state index >= 15 is 0 Å².